The number of amides is 1. The minimum absolute atomic E-state index is 0.660. The Kier molecular flexibility index (Phi) is 28.1. The smallest absolute Gasteiger partial charge is 0.402 e. The Labute approximate surface area is 263 Å². The van der Waals surface area contributed by atoms with Gasteiger partial charge in [-0.2, -0.15) is 0 Å². The molecule has 7 atom stereocenters. The molecule has 0 heterocycles. The first-order valence-corrected chi connectivity index (χ1v) is 16.8. The molecule has 42 heavy (non-hydrogen) atoms. The molecule has 1 rings (SSSR count). The Bertz CT molecular complexity index is 784. The lowest BCUT2D eigenvalue weighted by Crippen LogP contribution is -2.31. The van der Waals surface area contributed by atoms with Gasteiger partial charge in [-0.3, -0.25) is 0 Å². The van der Waals surface area contributed by atoms with E-state index in [0.717, 1.165) is 29.6 Å². The third kappa shape index (κ3) is 25.7. The van der Waals surface area contributed by atoms with Gasteiger partial charge in [-0.1, -0.05) is 144 Å². The Morgan fingerprint density at radius 3 is 1.98 bits per heavy atom. The van der Waals surface area contributed by atoms with E-state index in [-0.39, 0.29) is 0 Å². The summed E-state index contributed by atoms with van der Waals surface area (Å²) in [6, 6.07) is 0. The number of nitrogens with two attached hydrogens (primary N) is 1. The van der Waals surface area contributed by atoms with Crippen molar-refractivity contribution in [2.24, 2.45) is 59.0 Å². The summed E-state index contributed by atoms with van der Waals surface area (Å²) >= 11 is 0. The lowest BCUT2D eigenvalue weighted by molar-refractivity contribution is 0.166. The third-order valence-electron chi connectivity index (χ3n) is 8.20. The first-order chi connectivity index (χ1) is 19.5. The van der Waals surface area contributed by atoms with Crippen molar-refractivity contribution in [3.05, 3.63) is 60.8 Å². The first-order valence-electron chi connectivity index (χ1n) is 16.8. The highest BCUT2D eigenvalue weighted by molar-refractivity contribution is 5.61. The molecule has 0 aromatic carbocycles. The van der Waals surface area contributed by atoms with Crippen molar-refractivity contribution in [1.29, 1.82) is 0 Å². The highest BCUT2D eigenvalue weighted by atomic mass is 16.4. The lowest BCUT2D eigenvalue weighted by atomic mass is 9.65. The van der Waals surface area contributed by atoms with Crippen molar-refractivity contribution in [1.82, 2.24) is 0 Å². The molecule has 1 amide bonds. The van der Waals surface area contributed by atoms with Crippen LogP contribution in [-0.4, -0.2) is 11.2 Å². The van der Waals surface area contributed by atoms with Crippen LogP contribution in [0.1, 0.15) is 129 Å². The average molecular weight is 588 g/mol. The minimum atomic E-state index is -1.33. The predicted octanol–water partition coefficient (Wildman–Crippen LogP) is 12.5. The fourth-order valence-corrected chi connectivity index (χ4v) is 6.04. The number of hydrogen-bond acceptors (Lipinski definition) is 1. The summed E-state index contributed by atoms with van der Waals surface area (Å²) in [6.45, 7) is 37.5. The van der Waals surface area contributed by atoms with E-state index in [0.29, 0.717) is 23.7 Å². The molecule has 4 unspecified atom stereocenters. The summed E-state index contributed by atoms with van der Waals surface area (Å²) in [6.07, 6.45) is 19.6. The van der Waals surface area contributed by atoms with E-state index in [1.807, 2.05) is 19.9 Å². The quantitative estimate of drug-likeness (QED) is 0.166. The highest BCUT2D eigenvalue weighted by Crippen LogP contribution is 2.42. The molecular formula is C39H73NO2. The molecule has 0 spiro atoms. The maximum absolute atomic E-state index is 8.78. The van der Waals surface area contributed by atoms with Crippen LogP contribution in [-0.2, 0) is 0 Å². The normalized spacial score (nSPS) is 22.8. The largest absolute Gasteiger partial charge is 0.465 e. The van der Waals surface area contributed by atoms with E-state index < -0.39 is 6.09 Å². The zero-order valence-electron chi connectivity index (χ0n) is 30.2. The van der Waals surface area contributed by atoms with Gasteiger partial charge in [-0.05, 0) is 98.7 Å². The van der Waals surface area contributed by atoms with E-state index >= 15 is 0 Å². The molecule has 246 valence electrons. The summed E-state index contributed by atoms with van der Waals surface area (Å²) in [5.74, 6) is 6.83. The van der Waals surface area contributed by atoms with Crippen LogP contribution >= 0.6 is 0 Å². The predicted molar refractivity (Wildman–Crippen MR) is 191 cm³/mol. The zero-order valence-corrected chi connectivity index (χ0v) is 30.2. The first kappa shape index (κ1) is 44.4. The van der Waals surface area contributed by atoms with Crippen LogP contribution in [0.15, 0.2) is 60.8 Å². The summed E-state index contributed by atoms with van der Waals surface area (Å²) in [5, 5.41) is 7.19. The van der Waals surface area contributed by atoms with Crippen molar-refractivity contribution in [2.45, 2.75) is 129 Å². The number of rotatable bonds is 13. The molecule has 0 saturated heterocycles. The second-order valence-corrected chi connectivity index (χ2v) is 13.5. The second-order valence-electron chi connectivity index (χ2n) is 13.5. The van der Waals surface area contributed by atoms with Gasteiger partial charge in [0.2, 0.25) is 0 Å². The molecular weight excluding hydrogens is 514 g/mol. The van der Waals surface area contributed by atoms with Crippen LogP contribution in [0.4, 0.5) is 4.79 Å². The fourth-order valence-electron chi connectivity index (χ4n) is 6.04. The van der Waals surface area contributed by atoms with E-state index in [1.54, 1.807) is 5.57 Å². The zero-order chi connectivity index (χ0) is 33.4. The molecule has 3 N–H and O–H groups in total. The van der Waals surface area contributed by atoms with Gasteiger partial charge in [0.25, 0.3) is 0 Å². The van der Waals surface area contributed by atoms with Gasteiger partial charge in [0.1, 0.15) is 0 Å². The Morgan fingerprint density at radius 2 is 1.50 bits per heavy atom. The Morgan fingerprint density at radius 1 is 0.952 bits per heavy atom. The number of carbonyl (C=O) groups is 1. The van der Waals surface area contributed by atoms with Gasteiger partial charge >= 0.3 is 6.09 Å². The van der Waals surface area contributed by atoms with E-state index in [4.69, 9.17) is 9.90 Å². The maximum atomic E-state index is 8.78. The van der Waals surface area contributed by atoms with Crippen molar-refractivity contribution in [2.75, 3.05) is 0 Å². The highest BCUT2D eigenvalue weighted by Gasteiger charge is 2.33. The van der Waals surface area contributed by atoms with Crippen LogP contribution in [0, 0.1) is 53.3 Å². The van der Waals surface area contributed by atoms with Crippen molar-refractivity contribution in [3.63, 3.8) is 0 Å². The van der Waals surface area contributed by atoms with Gasteiger partial charge in [0, 0.05) is 0 Å². The molecule has 0 aliphatic heterocycles. The maximum Gasteiger partial charge on any atom is 0.402 e. The van der Waals surface area contributed by atoms with Crippen molar-refractivity contribution >= 4 is 6.09 Å². The molecule has 1 aliphatic carbocycles. The molecule has 0 radical (unpaired) electrons. The topological polar surface area (TPSA) is 63.3 Å². The van der Waals surface area contributed by atoms with Crippen LogP contribution in [0.2, 0.25) is 0 Å². The number of carboxylic acid groups (broad SMARTS) is 1. The van der Waals surface area contributed by atoms with Gasteiger partial charge in [-0.25, -0.2) is 4.79 Å². The summed E-state index contributed by atoms with van der Waals surface area (Å²) in [5.41, 5.74) is 7.06. The molecule has 1 aliphatic rings. The average Bonchev–Trinajstić information content (AvgIpc) is 2.87. The third-order valence-corrected chi connectivity index (χ3v) is 8.20. The van der Waals surface area contributed by atoms with Gasteiger partial charge < -0.3 is 10.8 Å². The molecule has 0 bridgehead atoms. The Hall–Kier alpha value is -2.03. The minimum Gasteiger partial charge on any atom is -0.465 e. The monoisotopic (exact) mass is 588 g/mol. The van der Waals surface area contributed by atoms with Gasteiger partial charge in [0.05, 0.1) is 0 Å². The molecule has 0 aromatic heterocycles. The molecule has 1 saturated carbocycles. The summed E-state index contributed by atoms with van der Waals surface area (Å²) in [4.78, 5) is 8.78. The second kappa shape index (κ2) is 26.6. The van der Waals surface area contributed by atoms with Gasteiger partial charge in [-0.15, -0.1) is 0 Å². The Balaban J connectivity index is -0.000000611. The molecule has 1 fully saturated rings. The van der Waals surface area contributed by atoms with Crippen molar-refractivity contribution in [3.8, 4) is 0 Å². The van der Waals surface area contributed by atoms with Crippen molar-refractivity contribution < 1.29 is 9.90 Å². The molecule has 3 heteroatoms. The molecule has 0 aromatic rings. The van der Waals surface area contributed by atoms with Crippen LogP contribution in [0.5, 0.6) is 0 Å². The SMILES string of the molecule is C=C/C=C\C(C)C[C@@H](C)C[C@@H](C)C/C(C)=C\C(C)C.C=C1CC(CC/C=C\C(C)C)[C@H](C)C(C)C1C.CC.NC(=O)O. The lowest BCUT2D eigenvalue weighted by Gasteiger charge is -2.40. The number of hydrogen-bond donors (Lipinski definition) is 2. The van der Waals surface area contributed by atoms with E-state index in [1.165, 1.54) is 44.1 Å². The summed E-state index contributed by atoms with van der Waals surface area (Å²) in [7, 11) is 0. The molecule has 3 nitrogen and oxygen atoms in total. The van der Waals surface area contributed by atoms with Gasteiger partial charge in [0.15, 0.2) is 0 Å². The van der Waals surface area contributed by atoms with Crippen LogP contribution < -0.4 is 5.73 Å². The fraction of sp³-hybridized carbons (Fsp3) is 0.718. The van der Waals surface area contributed by atoms with E-state index in [9.17, 15) is 0 Å². The summed E-state index contributed by atoms with van der Waals surface area (Å²) < 4.78 is 0. The van der Waals surface area contributed by atoms with Crippen LogP contribution in [0.25, 0.3) is 0 Å². The number of allylic oxidation sites excluding steroid dienone is 8. The van der Waals surface area contributed by atoms with Crippen LogP contribution in [0.3, 0.4) is 0 Å². The van der Waals surface area contributed by atoms with E-state index in [2.05, 4.69) is 125 Å². The standard InChI is InChI=1S/C19H34.C17H30.C2H6.CH3NO2/c1-8-9-10-16(4)12-18(6)14-19(7)13-17(5)11-15(2)3;1-12(2)9-7-8-10-17-11-13(3)14(4)15(5)16(17)6;1-2;2-1(3)4/h8-11,15-16,18-19H,1,12-14H2,2-7H3;7,9,12,14-17H,3,8,10-11H2,1-2,4-6H3;1-2H3;2H2,(H,3,4)/b10-9-,17-11-;9-7-;;/t16?,18-,19+;14?,15?,16-,17?;;/m11../s1. The number of primary amides is 1.